The molecule has 0 spiro atoms. The van der Waals surface area contributed by atoms with Crippen LogP contribution in [0.25, 0.3) is 32.2 Å². The van der Waals surface area contributed by atoms with E-state index in [-0.39, 0.29) is 88.3 Å². The normalized spacial score (nSPS) is 23.4. The average Bonchev–Trinajstić information content (AvgIpc) is 3.97. The fourth-order valence-electron chi connectivity index (χ4n) is 9.74. The van der Waals surface area contributed by atoms with Crippen molar-refractivity contribution in [3.8, 4) is 23.3 Å². The lowest BCUT2D eigenvalue weighted by Crippen LogP contribution is -2.56. The molecule has 14 nitrogen and oxygen atoms in total. The van der Waals surface area contributed by atoms with Crippen molar-refractivity contribution in [2.24, 2.45) is 0 Å². The van der Waals surface area contributed by atoms with E-state index in [1.165, 1.54) is 0 Å². The number of alkyl halides is 2. The van der Waals surface area contributed by atoms with E-state index < -0.39 is 46.5 Å². The molecular formula is C42H46F4N8O6S. The number of halogens is 4. The maximum Gasteiger partial charge on any atom is 0.412 e. The third-order valence-electron chi connectivity index (χ3n) is 12.0. The molecule has 8 heterocycles. The first kappa shape index (κ1) is 41.3. The van der Waals surface area contributed by atoms with Crippen LogP contribution in [0.5, 0.6) is 6.01 Å². The van der Waals surface area contributed by atoms with Crippen molar-refractivity contribution in [2.75, 3.05) is 43.0 Å². The zero-order valence-corrected chi connectivity index (χ0v) is 35.5. The number of likely N-dealkylation sites (tertiary alicyclic amines) is 1. The number of thiophene rings is 1. The first-order valence-electron chi connectivity index (χ1n) is 20.4. The van der Waals surface area contributed by atoms with Gasteiger partial charge in [-0.3, -0.25) is 15.2 Å². The molecule has 0 aliphatic carbocycles. The number of fused-ring (bicyclic) bond motifs is 7. The van der Waals surface area contributed by atoms with Crippen LogP contribution in [-0.2, 0) is 27.4 Å². The second-order valence-corrected chi connectivity index (χ2v) is 19.7. The Balaban J connectivity index is 1.20. The number of ether oxygens (including phenoxy) is 4. The van der Waals surface area contributed by atoms with Gasteiger partial charge in [0.1, 0.15) is 40.2 Å². The van der Waals surface area contributed by atoms with Gasteiger partial charge in [-0.25, -0.2) is 27.2 Å². The standard InChI is InChI=1S/C42H46F4N8O6S/c1-39(2,3)59-37(55)51-35-23(12-47)28-31(48-13-26(43)33(28)61-35)27-24-16-57-17-25(24)29-32(30(27)44)49-36(58-20-41-10-7-11-53(41)19-42(45,46)18-41)50-34(29)54-21-8-9-22(54)15-52(14-21)38(56)60-40(4,5)6/h13,21-22H,7-11,14-20H2,1-6H3,(H,51,55). The third kappa shape index (κ3) is 7.33. The molecule has 4 saturated heterocycles. The van der Waals surface area contributed by atoms with Crippen molar-refractivity contribution in [3.05, 3.63) is 34.5 Å². The lowest BCUT2D eigenvalue weighted by Gasteiger charge is -2.42. The number of rotatable bonds is 6. The van der Waals surface area contributed by atoms with Gasteiger partial charge in [0.2, 0.25) is 0 Å². The van der Waals surface area contributed by atoms with Gasteiger partial charge in [0, 0.05) is 42.5 Å². The molecule has 1 N–H and O–H groups in total. The number of piperazine rings is 1. The van der Waals surface area contributed by atoms with Gasteiger partial charge in [0.25, 0.3) is 5.92 Å². The summed E-state index contributed by atoms with van der Waals surface area (Å²) in [5, 5.41) is 13.3. The van der Waals surface area contributed by atoms with Crippen LogP contribution in [0, 0.1) is 23.0 Å². The molecule has 4 aromatic rings. The van der Waals surface area contributed by atoms with Gasteiger partial charge in [0.05, 0.1) is 52.8 Å². The lowest BCUT2D eigenvalue weighted by molar-refractivity contribution is 0.00799. The number of hydrogen-bond donors (Lipinski definition) is 1. The van der Waals surface area contributed by atoms with Crippen LogP contribution in [0.4, 0.5) is 38.0 Å². The minimum absolute atomic E-state index is 0.00638. The smallest absolute Gasteiger partial charge is 0.412 e. The molecular weight excluding hydrogens is 821 g/mol. The van der Waals surface area contributed by atoms with Gasteiger partial charge in [-0.05, 0) is 84.9 Å². The number of hydrogen-bond acceptors (Lipinski definition) is 13. The van der Waals surface area contributed by atoms with Crippen LogP contribution in [-0.4, -0.2) is 104 Å². The zero-order chi connectivity index (χ0) is 43.4. The molecule has 19 heteroatoms. The number of carbonyl (C=O) groups is 2. The van der Waals surface area contributed by atoms with Crippen LogP contribution in [0.15, 0.2) is 6.20 Å². The second kappa shape index (κ2) is 14.5. The molecule has 324 valence electrons. The summed E-state index contributed by atoms with van der Waals surface area (Å²) < 4.78 is 86.5. The van der Waals surface area contributed by atoms with Crippen molar-refractivity contribution in [2.45, 2.75) is 122 Å². The van der Waals surface area contributed by atoms with Crippen LogP contribution in [0.2, 0.25) is 0 Å². The predicted octanol–water partition coefficient (Wildman–Crippen LogP) is 8.27. The molecule has 0 radical (unpaired) electrons. The Morgan fingerprint density at radius 3 is 2.43 bits per heavy atom. The number of amides is 2. The van der Waals surface area contributed by atoms with Crippen LogP contribution < -0.4 is 15.0 Å². The van der Waals surface area contributed by atoms with E-state index in [1.54, 1.807) is 51.3 Å². The molecule has 1 aromatic carbocycles. The highest BCUT2D eigenvalue weighted by Gasteiger charge is 2.57. The van der Waals surface area contributed by atoms with Crippen molar-refractivity contribution in [3.63, 3.8) is 0 Å². The van der Waals surface area contributed by atoms with Crippen molar-refractivity contribution in [1.29, 1.82) is 5.26 Å². The zero-order valence-electron chi connectivity index (χ0n) is 34.7. The molecule has 9 rings (SSSR count). The van der Waals surface area contributed by atoms with E-state index in [0.29, 0.717) is 61.2 Å². The number of pyridine rings is 1. The SMILES string of the molecule is CC(C)(C)OC(=O)Nc1sc2c(F)cnc(-c3c4c(c5c(N6C7CCC6CN(C(=O)OC(C)(C)C)C7)nc(OCC67CCCN6CC(F)(F)C7)nc5c3F)COC4)c2c1C#N. The average molecular weight is 867 g/mol. The molecule has 61 heavy (non-hydrogen) atoms. The fourth-order valence-corrected chi connectivity index (χ4v) is 10.8. The Labute approximate surface area is 353 Å². The van der Waals surface area contributed by atoms with E-state index in [4.69, 9.17) is 23.9 Å². The Kier molecular flexibility index (Phi) is 9.83. The molecule has 2 bridgehead atoms. The van der Waals surface area contributed by atoms with Gasteiger partial charge >= 0.3 is 18.2 Å². The molecule has 0 saturated carbocycles. The Morgan fingerprint density at radius 2 is 1.74 bits per heavy atom. The Hall–Kier alpha value is -5.06. The number of nitriles is 1. The van der Waals surface area contributed by atoms with Gasteiger partial charge in [-0.1, -0.05) is 0 Å². The lowest BCUT2D eigenvalue weighted by atomic mass is 9.93. The minimum Gasteiger partial charge on any atom is -0.461 e. The summed E-state index contributed by atoms with van der Waals surface area (Å²) in [6.45, 7) is 11.0. The van der Waals surface area contributed by atoms with Gasteiger partial charge < -0.3 is 28.7 Å². The summed E-state index contributed by atoms with van der Waals surface area (Å²) in [5.74, 6) is -4.19. The van der Waals surface area contributed by atoms with E-state index >= 15 is 8.78 Å². The van der Waals surface area contributed by atoms with Crippen LogP contribution in [0.3, 0.4) is 0 Å². The summed E-state index contributed by atoms with van der Waals surface area (Å²) >= 11 is 0.793. The molecule has 3 aromatic heterocycles. The number of aromatic nitrogens is 3. The molecule has 5 aliphatic rings. The maximum absolute atomic E-state index is 17.9. The van der Waals surface area contributed by atoms with E-state index in [2.05, 4.69) is 26.3 Å². The van der Waals surface area contributed by atoms with Crippen molar-refractivity contribution >= 4 is 55.3 Å². The maximum atomic E-state index is 17.9. The molecule has 4 fully saturated rings. The Bertz CT molecular complexity index is 2520. The third-order valence-corrected chi connectivity index (χ3v) is 13.1. The van der Waals surface area contributed by atoms with Gasteiger partial charge in [-0.15, -0.1) is 11.3 Å². The van der Waals surface area contributed by atoms with Gasteiger partial charge in [0.15, 0.2) is 11.6 Å². The number of nitrogens with one attached hydrogen (secondary N) is 1. The number of anilines is 2. The molecule has 3 atom stereocenters. The second-order valence-electron chi connectivity index (χ2n) is 18.6. The highest BCUT2D eigenvalue weighted by atomic mass is 32.1. The summed E-state index contributed by atoms with van der Waals surface area (Å²) in [6, 6.07) is 1.35. The Morgan fingerprint density at radius 1 is 1.03 bits per heavy atom. The summed E-state index contributed by atoms with van der Waals surface area (Å²) in [4.78, 5) is 45.6. The monoisotopic (exact) mass is 866 g/mol. The first-order valence-corrected chi connectivity index (χ1v) is 21.2. The molecule has 2 amide bonds. The summed E-state index contributed by atoms with van der Waals surface area (Å²) in [7, 11) is 0. The van der Waals surface area contributed by atoms with Crippen molar-refractivity contribution < 1.29 is 46.1 Å². The molecule has 3 unspecified atom stereocenters. The predicted molar refractivity (Wildman–Crippen MR) is 217 cm³/mol. The highest BCUT2D eigenvalue weighted by molar-refractivity contribution is 7.23. The minimum atomic E-state index is -2.90. The quantitative estimate of drug-likeness (QED) is 0.186. The summed E-state index contributed by atoms with van der Waals surface area (Å²) in [6.07, 6.45) is 1.85. The van der Waals surface area contributed by atoms with E-state index in [9.17, 15) is 23.6 Å². The fraction of sp³-hybridized carbons (Fsp3) is 0.571. The number of benzene rings is 1. The van der Waals surface area contributed by atoms with Gasteiger partial charge in [-0.2, -0.15) is 15.2 Å². The van der Waals surface area contributed by atoms with E-state index in [1.807, 2.05) is 0 Å². The number of nitrogens with zero attached hydrogens (tertiary/aromatic N) is 7. The summed E-state index contributed by atoms with van der Waals surface area (Å²) in [5.41, 5.74) is -2.01. The largest absolute Gasteiger partial charge is 0.461 e. The highest BCUT2D eigenvalue weighted by Crippen LogP contribution is 2.50. The van der Waals surface area contributed by atoms with Crippen LogP contribution in [0.1, 0.15) is 90.3 Å². The van der Waals surface area contributed by atoms with E-state index in [0.717, 1.165) is 24.0 Å². The first-order chi connectivity index (χ1) is 28.7. The van der Waals surface area contributed by atoms with Crippen molar-refractivity contribution in [1.82, 2.24) is 24.8 Å². The topological polar surface area (TPSA) is 155 Å². The van der Waals surface area contributed by atoms with Crippen LogP contribution >= 0.6 is 11.3 Å². The molecule has 5 aliphatic heterocycles. The number of carbonyl (C=O) groups excluding carboxylic acids is 2.